The lowest BCUT2D eigenvalue weighted by atomic mass is 10.0. The molecule has 2 aromatic carbocycles. The molecular weight excluding hydrogens is 393 g/mol. The minimum atomic E-state index is -3.35. The van der Waals surface area contributed by atoms with Gasteiger partial charge in [0.05, 0.1) is 20.3 Å². The topological polar surface area (TPSA) is 44.8 Å². The van der Waals surface area contributed by atoms with Gasteiger partial charge in [0.2, 0.25) is 0 Å². The van der Waals surface area contributed by atoms with Crippen LogP contribution in [0.3, 0.4) is 0 Å². The maximum atomic E-state index is 13.9. The highest BCUT2D eigenvalue weighted by Gasteiger charge is 2.27. The van der Waals surface area contributed by atoms with Crippen molar-refractivity contribution in [2.75, 3.05) is 26.5 Å². The molecule has 0 aliphatic carbocycles. The number of ether oxygens (including phenoxy) is 1. The molecule has 2 amide bonds. The van der Waals surface area contributed by atoms with Gasteiger partial charge in [-0.05, 0) is 74.1 Å². The van der Waals surface area contributed by atoms with Crippen LogP contribution in [0.2, 0.25) is 0 Å². The summed E-state index contributed by atoms with van der Waals surface area (Å²) in [6.07, 6.45) is -1.99. The van der Waals surface area contributed by atoms with Gasteiger partial charge in [-0.3, -0.25) is 0 Å². The van der Waals surface area contributed by atoms with Gasteiger partial charge < -0.3 is 19.9 Å². The monoisotopic (exact) mass is 444 g/mol. The molecule has 31 heavy (non-hydrogen) atoms. The highest BCUT2D eigenvalue weighted by atomic mass is 19.1. The molecule has 168 valence electrons. The van der Waals surface area contributed by atoms with E-state index in [0.717, 1.165) is 24.3 Å². The summed E-state index contributed by atoms with van der Waals surface area (Å²) in [6, 6.07) is -4.11. The van der Waals surface area contributed by atoms with Crippen molar-refractivity contribution in [2.24, 2.45) is 5.92 Å². The summed E-state index contributed by atoms with van der Waals surface area (Å²) in [5.41, 5.74) is -1.47. The Morgan fingerprint density at radius 1 is 1.29 bits per heavy atom. The molecule has 0 radical (unpaired) electrons. The molecule has 0 unspecified atom stereocenters. The molecule has 1 aliphatic rings. The summed E-state index contributed by atoms with van der Waals surface area (Å²) < 4.78 is 160. The molecule has 3 rings (SSSR count). The zero-order chi connectivity index (χ0) is 37.2. The predicted molar refractivity (Wildman–Crippen MR) is 121 cm³/mol. The van der Waals surface area contributed by atoms with Crippen molar-refractivity contribution in [2.45, 2.75) is 45.7 Å². The molecule has 1 N–H and O–H groups in total. The Labute approximate surface area is 209 Å². The first-order valence-electron chi connectivity index (χ1n) is 18.0. The van der Waals surface area contributed by atoms with E-state index >= 15 is 0 Å². The SMILES string of the molecule is [2H]c1c([2H])c(C([2H])([2H])NC(=O)N(C2CC([2H])([2H])N(C([2H])([2H])[2H])C([2H])([2H])C2)C([2H])([2H])c2ccc(F)cc2)c([2H])c([2H])c1OC([2H])([2H])C(C)C. The molecule has 0 saturated carbocycles. The van der Waals surface area contributed by atoms with Gasteiger partial charge in [-0.25, -0.2) is 9.18 Å². The van der Waals surface area contributed by atoms with E-state index in [4.69, 9.17) is 28.0 Å². The first-order valence-corrected chi connectivity index (χ1v) is 9.47. The largest absolute Gasteiger partial charge is 0.493 e. The third-order valence-electron chi connectivity index (χ3n) is 3.94. The highest BCUT2D eigenvalue weighted by Crippen LogP contribution is 2.19. The van der Waals surface area contributed by atoms with Crippen molar-refractivity contribution in [3.05, 3.63) is 65.4 Å². The van der Waals surface area contributed by atoms with Crippen LogP contribution in [0.25, 0.3) is 0 Å². The highest BCUT2D eigenvalue weighted by molar-refractivity contribution is 5.74. The fourth-order valence-electron chi connectivity index (χ4n) is 2.44. The smallest absolute Gasteiger partial charge is 0.318 e. The second-order valence-electron chi connectivity index (χ2n) is 6.84. The van der Waals surface area contributed by atoms with Crippen molar-refractivity contribution in [3.8, 4) is 5.75 Å². The summed E-state index contributed by atoms with van der Waals surface area (Å²) in [5, 5.41) is 1.79. The Morgan fingerprint density at radius 2 is 1.97 bits per heavy atom. The number of nitrogens with zero attached hydrogens (tertiary/aromatic N) is 2. The van der Waals surface area contributed by atoms with Crippen LogP contribution in [0, 0.1) is 11.7 Å². The Kier molecular flexibility index (Phi) is 3.41. The number of likely N-dealkylation sites (tertiary alicyclic amines) is 1. The van der Waals surface area contributed by atoms with E-state index in [1.54, 1.807) is 5.32 Å². The van der Waals surface area contributed by atoms with Crippen LogP contribution in [-0.2, 0) is 13.0 Å². The molecule has 6 heteroatoms. The number of halogens is 1. The summed E-state index contributed by atoms with van der Waals surface area (Å²) in [4.78, 5) is 14.1. The standard InChI is InChI=1S/C25H34FN3O2/c1-19(2)18-31-24-10-6-20(7-11-24)16-27-25(30)29(23-12-14-28(3)15-13-23)17-21-4-8-22(26)9-5-21/h4-11,19,23H,12-18H2,1-3H3,(H,27,30)/i3D3,6D,7D,10D,11D,14D2,15D2,16D2,17D2,18D2. The number of nitrogens with one attached hydrogen (secondary N) is 1. The molecule has 0 spiro atoms. The van der Waals surface area contributed by atoms with E-state index < -0.39 is 117 Å². The Balaban J connectivity index is 2.16. The summed E-state index contributed by atoms with van der Waals surface area (Å²) in [7, 11) is 0. The average molecular weight is 445 g/mol. The molecule has 1 aliphatic heterocycles. The number of urea groups is 1. The lowest BCUT2D eigenvalue weighted by Gasteiger charge is -2.37. The Morgan fingerprint density at radius 3 is 2.58 bits per heavy atom. The number of piperidine rings is 1. The number of amides is 2. The van der Waals surface area contributed by atoms with E-state index in [0.29, 0.717) is 0 Å². The van der Waals surface area contributed by atoms with E-state index in [-0.39, 0.29) is 9.80 Å². The van der Waals surface area contributed by atoms with Gasteiger partial charge in [-0.2, -0.15) is 0 Å². The van der Waals surface area contributed by atoms with Crippen LogP contribution in [0.4, 0.5) is 9.18 Å². The molecule has 0 atom stereocenters. The fourth-order valence-corrected chi connectivity index (χ4v) is 2.44. The minimum Gasteiger partial charge on any atom is -0.493 e. The number of rotatable bonds is 8. The average Bonchev–Trinajstić information content (AvgIpc) is 2.87. The number of hydrogen-bond donors (Lipinski definition) is 1. The van der Waals surface area contributed by atoms with E-state index in [2.05, 4.69) is 0 Å². The van der Waals surface area contributed by atoms with Crippen molar-refractivity contribution < 1.29 is 37.2 Å². The van der Waals surface area contributed by atoms with E-state index in [1.165, 1.54) is 13.8 Å². The lowest BCUT2D eigenvalue weighted by molar-refractivity contribution is 0.127. The molecule has 2 aromatic rings. The third kappa shape index (κ3) is 7.24. The van der Waals surface area contributed by atoms with Crippen LogP contribution >= 0.6 is 0 Å². The number of hydrogen-bond acceptors (Lipinski definition) is 3. The first kappa shape index (κ1) is 9.49. The zero-order valence-corrected chi connectivity index (χ0v) is 17.0. The number of carbonyl (C=O) groups is 1. The second-order valence-corrected chi connectivity index (χ2v) is 6.84. The molecule has 0 bridgehead atoms. The number of benzene rings is 2. The minimum absolute atomic E-state index is 0.0259. The van der Waals surface area contributed by atoms with Crippen LogP contribution in [0.15, 0.2) is 48.4 Å². The van der Waals surface area contributed by atoms with Gasteiger partial charge in [0, 0.05) is 28.6 Å². The van der Waals surface area contributed by atoms with Crippen LogP contribution in [0.5, 0.6) is 5.75 Å². The van der Waals surface area contributed by atoms with E-state index in [9.17, 15) is 9.18 Å². The molecule has 1 heterocycles. The maximum absolute atomic E-state index is 13.9. The van der Waals surface area contributed by atoms with E-state index in [1.807, 2.05) is 0 Å². The lowest BCUT2D eigenvalue weighted by Crippen LogP contribution is -2.49. The van der Waals surface area contributed by atoms with Gasteiger partial charge in [0.1, 0.15) is 11.6 Å². The van der Waals surface area contributed by atoms with Crippen LogP contribution in [0.1, 0.15) is 61.1 Å². The van der Waals surface area contributed by atoms with Crippen LogP contribution < -0.4 is 10.1 Å². The van der Waals surface area contributed by atoms with Gasteiger partial charge in [0.15, 0.2) is 0 Å². The normalized spacial score (nSPS) is 28.2. The quantitative estimate of drug-likeness (QED) is 0.644. The maximum Gasteiger partial charge on any atom is 0.318 e. The number of carbonyl (C=O) groups excluding carboxylic acids is 1. The van der Waals surface area contributed by atoms with Gasteiger partial charge >= 0.3 is 6.03 Å². The summed E-state index contributed by atoms with van der Waals surface area (Å²) in [5.74, 6) is -2.44. The van der Waals surface area contributed by atoms with Crippen molar-refractivity contribution in [3.63, 3.8) is 0 Å². The molecule has 0 aromatic heterocycles. The first-order chi connectivity index (χ1) is 21.5. The van der Waals surface area contributed by atoms with Gasteiger partial charge in [-0.1, -0.05) is 38.1 Å². The third-order valence-corrected chi connectivity index (χ3v) is 3.94. The zero-order valence-electron chi connectivity index (χ0n) is 34.0. The summed E-state index contributed by atoms with van der Waals surface area (Å²) >= 11 is 0. The predicted octanol–water partition coefficient (Wildman–Crippen LogP) is 4.67. The molecular formula is C25H34FN3O2. The van der Waals surface area contributed by atoms with Crippen molar-refractivity contribution in [1.29, 1.82) is 0 Å². The molecule has 5 nitrogen and oxygen atoms in total. The second kappa shape index (κ2) is 11.1. The molecule has 1 saturated heterocycles. The Hall–Kier alpha value is -2.60. The Bertz CT molecular complexity index is 1490. The van der Waals surface area contributed by atoms with Gasteiger partial charge in [-0.15, -0.1) is 0 Å². The fraction of sp³-hybridized carbons (Fsp3) is 0.480. The summed E-state index contributed by atoms with van der Waals surface area (Å²) in [6.45, 7) is -15.4. The molecule has 1 fully saturated rings. The van der Waals surface area contributed by atoms with Crippen LogP contribution in [-0.4, -0.2) is 48.4 Å². The van der Waals surface area contributed by atoms with Gasteiger partial charge in [0.25, 0.3) is 0 Å². The van der Waals surface area contributed by atoms with Crippen molar-refractivity contribution >= 4 is 6.03 Å². The van der Waals surface area contributed by atoms with Crippen molar-refractivity contribution in [1.82, 2.24) is 15.1 Å².